The number of rotatable bonds is 3. The standard InChI is InChI=1S/C23H20ClFN2O2/c24-17-8-9-21(20(25)14-17)26-22(28)16-10-12-27(13-11-16)23(29)19-7-3-5-15-4-1-2-6-18(15)19/h1-9,14,16H,10-13H2,(H,26,28). The van der Waals surface area contributed by atoms with E-state index >= 15 is 0 Å². The van der Waals surface area contributed by atoms with Gasteiger partial charge in [0.2, 0.25) is 5.91 Å². The highest BCUT2D eigenvalue weighted by molar-refractivity contribution is 6.30. The quantitative estimate of drug-likeness (QED) is 0.651. The molecule has 0 bridgehead atoms. The number of carbonyl (C=O) groups is 2. The number of benzene rings is 3. The Kier molecular flexibility index (Phi) is 5.49. The summed E-state index contributed by atoms with van der Waals surface area (Å²) in [6.07, 6.45) is 1.08. The normalized spacial score (nSPS) is 14.8. The lowest BCUT2D eigenvalue weighted by Gasteiger charge is -2.31. The minimum absolute atomic E-state index is 0.0237. The molecular formula is C23H20ClFN2O2. The highest BCUT2D eigenvalue weighted by Crippen LogP contribution is 2.25. The van der Waals surface area contributed by atoms with Gasteiger partial charge in [0.05, 0.1) is 5.69 Å². The molecule has 4 rings (SSSR count). The molecule has 4 nitrogen and oxygen atoms in total. The van der Waals surface area contributed by atoms with Crippen LogP contribution in [-0.2, 0) is 4.79 Å². The number of anilines is 1. The molecule has 6 heteroatoms. The van der Waals surface area contributed by atoms with Gasteiger partial charge in [-0.2, -0.15) is 0 Å². The first-order valence-electron chi connectivity index (χ1n) is 9.56. The molecule has 2 amide bonds. The number of piperidine rings is 1. The predicted molar refractivity (Wildman–Crippen MR) is 113 cm³/mol. The minimum atomic E-state index is -0.561. The average molecular weight is 411 g/mol. The molecule has 1 N–H and O–H groups in total. The van der Waals surface area contributed by atoms with Gasteiger partial charge in [0.1, 0.15) is 5.82 Å². The van der Waals surface area contributed by atoms with Crippen molar-refractivity contribution >= 4 is 39.9 Å². The van der Waals surface area contributed by atoms with Gasteiger partial charge in [-0.1, -0.05) is 48.0 Å². The third-order valence-corrected chi connectivity index (χ3v) is 5.60. The van der Waals surface area contributed by atoms with Crippen molar-refractivity contribution in [2.24, 2.45) is 5.92 Å². The number of hydrogen-bond donors (Lipinski definition) is 1. The van der Waals surface area contributed by atoms with Gasteiger partial charge >= 0.3 is 0 Å². The van der Waals surface area contributed by atoms with Gasteiger partial charge in [0, 0.05) is 29.6 Å². The molecule has 0 atom stereocenters. The fourth-order valence-electron chi connectivity index (χ4n) is 3.75. The predicted octanol–water partition coefficient (Wildman–Crippen LogP) is 5.12. The first kappa shape index (κ1) is 19.4. The summed E-state index contributed by atoms with van der Waals surface area (Å²) in [4.78, 5) is 27.3. The van der Waals surface area contributed by atoms with E-state index < -0.39 is 5.82 Å². The monoisotopic (exact) mass is 410 g/mol. The number of amides is 2. The van der Waals surface area contributed by atoms with Crippen LogP contribution in [0.25, 0.3) is 10.8 Å². The maximum atomic E-state index is 13.9. The fourth-order valence-corrected chi connectivity index (χ4v) is 3.91. The molecule has 1 saturated heterocycles. The van der Waals surface area contributed by atoms with Crippen LogP contribution in [0, 0.1) is 11.7 Å². The van der Waals surface area contributed by atoms with Gasteiger partial charge in [-0.25, -0.2) is 4.39 Å². The lowest BCUT2D eigenvalue weighted by atomic mass is 9.94. The van der Waals surface area contributed by atoms with Crippen LogP contribution in [-0.4, -0.2) is 29.8 Å². The van der Waals surface area contributed by atoms with Gasteiger partial charge in [-0.15, -0.1) is 0 Å². The molecule has 3 aromatic rings. The van der Waals surface area contributed by atoms with Gasteiger partial charge in [0.15, 0.2) is 0 Å². The van der Waals surface area contributed by atoms with Crippen LogP contribution in [0.5, 0.6) is 0 Å². The summed E-state index contributed by atoms with van der Waals surface area (Å²) in [6, 6.07) is 17.7. The fraction of sp³-hybridized carbons (Fsp3) is 0.217. The number of likely N-dealkylation sites (tertiary alicyclic amines) is 1. The Hall–Kier alpha value is -2.92. The smallest absolute Gasteiger partial charge is 0.254 e. The number of hydrogen-bond acceptors (Lipinski definition) is 2. The van der Waals surface area contributed by atoms with Gasteiger partial charge in [0.25, 0.3) is 5.91 Å². The Labute approximate surface area is 173 Å². The van der Waals surface area contributed by atoms with Crippen molar-refractivity contribution in [2.45, 2.75) is 12.8 Å². The van der Waals surface area contributed by atoms with Crippen molar-refractivity contribution < 1.29 is 14.0 Å². The molecule has 0 unspecified atom stereocenters. The zero-order valence-corrected chi connectivity index (χ0v) is 16.5. The molecule has 1 aliphatic heterocycles. The Bertz CT molecular complexity index is 1070. The number of nitrogens with one attached hydrogen (secondary N) is 1. The SMILES string of the molecule is O=C(Nc1ccc(Cl)cc1F)C1CCN(C(=O)c2cccc3ccccc23)CC1. The van der Waals surface area contributed by atoms with Crippen molar-refractivity contribution in [3.8, 4) is 0 Å². The molecule has 1 fully saturated rings. The summed E-state index contributed by atoms with van der Waals surface area (Å²) >= 11 is 5.74. The number of halogens is 2. The average Bonchev–Trinajstić information content (AvgIpc) is 2.75. The highest BCUT2D eigenvalue weighted by atomic mass is 35.5. The maximum absolute atomic E-state index is 13.9. The van der Waals surface area contributed by atoms with E-state index in [-0.39, 0.29) is 28.4 Å². The first-order chi connectivity index (χ1) is 14.0. The van der Waals surface area contributed by atoms with Crippen LogP contribution in [0.3, 0.4) is 0 Å². The van der Waals surface area contributed by atoms with E-state index in [2.05, 4.69) is 5.32 Å². The Morgan fingerprint density at radius 3 is 2.48 bits per heavy atom. The van der Waals surface area contributed by atoms with Crippen LogP contribution in [0.15, 0.2) is 60.7 Å². The van der Waals surface area contributed by atoms with Crippen molar-refractivity contribution in [1.29, 1.82) is 0 Å². The van der Waals surface area contributed by atoms with Crippen LogP contribution in [0.2, 0.25) is 5.02 Å². The summed E-state index contributed by atoms with van der Waals surface area (Å²) in [5.41, 5.74) is 0.794. The first-order valence-corrected chi connectivity index (χ1v) is 9.93. The second-order valence-electron chi connectivity index (χ2n) is 7.21. The van der Waals surface area contributed by atoms with E-state index in [1.165, 1.54) is 18.2 Å². The van der Waals surface area contributed by atoms with E-state index in [0.717, 1.165) is 10.8 Å². The number of carbonyl (C=O) groups excluding carboxylic acids is 2. The zero-order valence-electron chi connectivity index (χ0n) is 15.7. The Morgan fingerprint density at radius 2 is 1.72 bits per heavy atom. The summed E-state index contributed by atoms with van der Waals surface area (Å²) < 4.78 is 13.9. The van der Waals surface area contributed by atoms with Crippen LogP contribution < -0.4 is 5.32 Å². The second kappa shape index (κ2) is 8.21. The van der Waals surface area contributed by atoms with E-state index in [1.807, 2.05) is 42.5 Å². The summed E-state index contributed by atoms with van der Waals surface area (Å²) in [5, 5.41) is 4.86. The molecule has 29 heavy (non-hydrogen) atoms. The van der Waals surface area contributed by atoms with Crippen molar-refractivity contribution in [3.05, 3.63) is 77.1 Å². The zero-order chi connectivity index (χ0) is 20.4. The van der Waals surface area contributed by atoms with Crippen molar-refractivity contribution in [1.82, 2.24) is 4.90 Å². The highest BCUT2D eigenvalue weighted by Gasteiger charge is 2.28. The third kappa shape index (κ3) is 4.10. The van der Waals surface area contributed by atoms with Crippen molar-refractivity contribution in [2.75, 3.05) is 18.4 Å². The topological polar surface area (TPSA) is 49.4 Å². The van der Waals surface area contributed by atoms with E-state index in [4.69, 9.17) is 11.6 Å². The number of nitrogens with zero attached hydrogens (tertiary/aromatic N) is 1. The second-order valence-corrected chi connectivity index (χ2v) is 7.64. The third-order valence-electron chi connectivity index (χ3n) is 5.36. The molecule has 0 saturated carbocycles. The summed E-state index contributed by atoms with van der Waals surface area (Å²) in [7, 11) is 0. The lowest BCUT2D eigenvalue weighted by Crippen LogP contribution is -2.41. The van der Waals surface area contributed by atoms with Crippen molar-refractivity contribution in [3.63, 3.8) is 0 Å². The molecule has 0 aliphatic carbocycles. The largest absolute Gasteiger partial charge is 0.339 e. The molecule has 0 aromatic heterocycles. The summed E-state index contributed by atoms with van der Waals surface area (Å²) in [5.74, 6) is -1.08. The Morgan fingerprint density at radius 1 is 1.00 bits per heavy atom. The van der Waals surface area contributed by atoms with Gasteiger partial charge < -0.3 is 10.2 Å². The van der Waals surface area contributed by atoms with E-state index in [1.54, 1.807) is 4.90 Å². The molecule has 0 spiro atoms. The van der Waals surface area contributed by atoms with E-state index in [0.29, 0.717) is 31.5 Å². The van der Waals surface area contributed by atoms with Crippen LogP contribution in [0.4, 0.5) is 10.1 Å². The molecular weight excluding hydrogens is 391 g/mol. The maximum Gasteiger partial charge on any atom is 0.254 e. The molecule has 0 radical (unpaired) electrons. The van der Waals surface area contributed by atoms with Gasteiger partial charge in [-0.3, -0.25) is 9.59 Å². The molecule has 1 heterocycles. The molecule has 1 aliphatic rings. The van der Waals surface area contributed by atoms with E-state index in [9.17, 15) is 14.0 Å². The summed E-state index contributed by atoms with van der Waals surface area (Å²) in [6.45, 7) is 0.979. The van der Waals surface area contributed by atoms with Gasteiger partial charge in [-0.05, 0) is 47.9 Å². The molecule has 3 aromatic carbocycles. The molecule has 148 valence electrons. The van der Waals surface area contributed by atoms with Crippen LogP contribution in [0.1, 0.15) is 23.2 Å². The number of fused-ring (bicyclic) bond motifs is 1. The Balaban J connectivity index is 1.41. The van der Waals surface area contributed by atoms with Crippen LogP contribution >= 0.6 is 11.6 Å². The lowest BCUT2D eigenvalue weighted by molar-refractivity contribution is -0.121. The minimum Gasteiger partial charge on any atom is -0.339 e.